The Morgan fingerprint density at radius 1 is 1.19 bits per heavy atom. The molecule has 0 saturated carbocycles. The lowest BCUT2D eigenvalue weighted by molar-refractivity contribution is 0.228. The monoisotopic (exact) mass is 431 g/mol. The van der Waals surface area contributed by atoms with Gasteiger partial charge in [0.15, 0.2) is 11.5 Å². The first-order valence-electron chi connectivity index (χ1n) is 6.64. The van der Waals surface area contributed by atoms with Gasteiger partial charge < -0.3 is 15.2 Å². The highest BCUT2D eigenvalue weighted by Crippen LogP contribution is 2.39. The molecule has 0 saturated heterocycles. The number of halogens is 2. The van der Waals surface area contributed by atoms with Crippen LogP contribution in [0.25, 0.3) is 0 Å². The van der Waals surface area contributed by atoms with Crippen LogP contribution in [-0.2, 0) is 0 Å². The van der Waals surface area contributed by atoms with E-state index in [1.165, 1.54) is 0 Å². The molecule has 21 heavy (non-hydrogen) atoms. The van der Waals surface area contributed by atoms with Gasteiger partial charge in [-0.2, -0.15) is 0 Å². The first-order valence-corrected chi connectivity index (χ1v) is 9.04. The molecule has 1 aromatic carbocycles. The predicted octanol–water partition coefficient (Wildman–Crippen LogP) is 4.73. The van der Waals surface area contributed by atoms with E-state index in [0.717, 1.165) is 30.2 Å². The van der Waals surface area contributed by atoms with Gasteiger partial charge in [0.05, 0.1) is 23.0 Å². The molecular weight excluding hydrogens is 418 g/mol. The van der Waals surface area contributed by atoms with Crippen LogP contribution in [0.15, 0.2) is 32.5 Å². The third-order valence-corrected chi connectivity index (χ3v) is 6.68. The summed E-state index contributed by atoms with van der Waals surface area (Å²) in [6.45, 7) is 3.46. The molecule has 3 rings (SSSR count). The van der Waals surface area contributed by atoms with Gasteiger partial charge in [-0.3, -0.25) is 0 Å². The molecule has 1 aliphatic rings. The van der Waals surface area contributed by atoms with Crippen LogP contribution in [0, 0.1) is 5.92 Å². The smallest absolute Gasteiger partial charge is 0.161 e. The van der Waals surface area contributed by atoms with Gasteiger partial charge in [0.2, 0.25) is 0 Å². The van der Waals surface area contributed by atoms with Gasteiger partial charge in [-0.25, -0.2) is 0 Å². The second-order valence-corrected chi connectivity index (χ2v) is 8.44. The van der Waals surface area contributed by atoms with Gasteiger partial charge in [-0.1, -0.05) is 13.0 Å². The number of fused-ring (bicyclic) bond motifs is 1. The molecule has 0 aliphatic carbocycles. The van der Waals surface area contributed by atoms with Crippen LogP contribution in [0.1, 0.15) is 23.4 Å². The van der Waals surface area contributed by atoms with Crippen LogP contribution < -0.4 is 15.2 Å². The van der Waals surface area contributed by atoms with E-state index in [1.54, 1.807) is 11.3 Å². The Balaban J connectivity index is 1.89. The summed E-state index contributed by atoms with van der Waals surface area (Å²) in [6.07, 6.45) is 0. The summed E-state index contributed by atoms with van der Waals surface area (Å²) in [4.78, 5) is 1.09. The molecule has 2 heterocycles. The number of hydrogen-bond donors (Lipinski definition) is 1. The maximum absolute atomic E-state index is 6.37. The molecule has 1 aromatic heterocycles. The molecule has 0 radical (unpaired) electrons. The van der Waals surface area contributed by atoms with Crippen molar-refractivity contribution in [2.75, 3.05) is 13.2 Å². The highest BCUT2D eigenvalue weighted by Gasteiger charge is 2.19. The highest BCUT2D eigenvalue weighted by atomic mass is 79.9. The maximum atomic E-state index is 6.37. The summed E-state index contributed by atoms with van der Waals surface area (Å²) in [5.41, 5.74) is 7.39. The fourth-order valence-corrected chi connectivity index (χ4v) is 4.26. The van der Waals surface area contributed by atoms with Gasteiger partial charge in [0, 0.05) is 15.3 Å². The van der Waals surface area contributed by atoms with E-state index in [-0.39, 0.29) is 6.04 Å². The summed E-state index contributed by atoms with van der Waals surface area (Å²) in [7, 11) is 0. The summed E-state index contributed by atoms with van der Waals surface area (Å²) < 4.78 is 13.6. The van der Waals surface area contributed by atoms with Gasteiger partial charge in [-0.05, 0) is 55.6 Å². The molecule has 2 N–H and O–H groups in total. The Bertz CT molecular complexity index is 640. The number of ether oxygens (including phenoxy) is 2. The Morgan fingerprint density at radius 2 is 1.90 bits per heavy atom. The summed E-state index contributed by atoms with van der Waals surface area (Å²) in [5, 5.41) is 0. The van der Waals surface area contributed by atoms with E-state index >= 15 is 0 Å². The lowest BCUT2D eigenvalue weighted by Gasteiger charge is -2.13. The van der Waals surface area contributed by atoms with Crippen molar-refractivity contribution in [1.82, 2.24) is 0 Å². The van der Waals surface area contributed by atoms with E-state index < -0.39 is 0 Å². The van der Waals surface area contributed by atoms with E-state index in [9.17, 15) is 0 Å². The normalized spacial score (nSPS) is 19.1. The van der Waals surface area contributed by atoms with Crippen LogP contribution in [-0.4, -0.2) is 13.2 Å². The number of thiophene rings is 1. The van der Waals surface area contributed by atoms with Crippen LogP contribution >= 0.6 is 43.2 Å². The molecule has 0 bridgehead atoms. The fraction of sp³-hybridized carbons (Fsp3) is 0.333. The van der Waals surface area contributed by atoms with Crippen LogP contribution in [0.5, 0.6) is 11.5 Å². The zero-order valence-electron chi connectivity index (χ0n) is 11.4. The van der Waals surface area contributed by atoms with Crippen molar-refractivity contribution in [2.45, 2.75) is 13.0 Å². The largest absolute Gasteiger partial charge is 0.489 e. The SMILES string of the molecule is CC1COc2ccc(C(N)c3cc(Br)c(Br)s3)cc2OC1. The Morgan fingerprint density at radius 3 is 2.57 bits per heavy atom. The van der Waals surface area contributed by atoms with Crippen molar-refractivity contribution in [3.05, 3.63) is 43.0 Å². The number of nitrogens with two attached hydrogens (primary N) is 1. The lowest BCUT2D eigenvalue weighted by atomic mass is 10.1. The second-order valence-electron chi connectivity index (χ2n) is 5.18. The summed E-state index contributed by atoms with van der Waals surface area (Å²) in [6, 6.07) is 7.81. The quantitative estimate of drug-likeness (QED) is 0.745. The fourth-order valence-electron chi connectivity index (χ4n) is 2.14. The molecule has 2 aromatic rings. The average Bonchev–Trinajstić information content (AvgIpc) is 2.70. The van der Waals surface area contributed by atoms with Gasteiger partial charge >= 0.3 is 0 Å². The number of rotatable bonds is 2. The molecule has 1 aliphatic heterocycles. The van der Waals surface area contributed by atoms with Gasteiger partial charge in [0.25, 0.3) is 0 Å². The second kappa shape index (κ2) is 6.28. The molecular formula is C15H15Br2NO2S. The van der Waals surface area contributed by atoms with Crippen molar-refractivity contribution < 1.29 is 9.47 Å². The van der Waals surface area contributed by atoms with Gasteiger partial charge in [0.1, 0.15) is 0 Å². The van der Waals surface area contributed by atoms with Crippen LogP contribution in [0.4, 0.5) is 0 Å². The molecule has 0 amide bonds. The predicted molar refractivity (Wildman–Crippen MR) is 92.3 cm³/mol. The van der Waals surface area contributed by atoms with Crippen LogP contribution in [0.3, 0.4) is 0 Å². The Kier molecular flexibility index (Phi) is 4.59. The van der Waals surface area contributed by atoms with E-state index in [4.69, 9.17) is 15.2 Å². The molecule has 112 valence electrons. The van der Waals surface area contributed by atoms with Gasteiger partial charge in [-0.15, -0.1) is 11.3 Å². The molecule has 2 atom stereocenters. The van der Waals surface area contributed by atoms with Crippen LogP contribution in [0.2, 0.25) is 0 Å². The Labute approximate surface area is 144 Å². The molecule has 3 nitrogen and oxygen atoms in total. The molecule has 0 fully saturated rings. The standard InChI is InChI=1S/C15H15Br2NO2S/c1-8-6-19-11-3-2-9(4-12(11)20-7-8)14(18)13-5-10(16)15(17)21-13/h2-5,8,14H,6-7,18H2,1H3. The topological polar surface area (TPSA) is 44.5 Å². The lowest BCUT2D eigenvalue weighted by Crippen LogP contribution is -2.12. The minimum Gasteiger partial charge on any atom is -0.489 e. The van der Waals surface area contributed by atoms with Crippen molar-refractivity contribution in [1.29, 1.82) is 0 Å². The van der Waals surface area contributed by atoms with Crippen molar-refractivity contribution >= 4 is 43.2 Å². The summed E-state index contributed by atoms with van der Waals surface area (Å²) in [5.74, 6) is 1.96. The van der Waals surface area contributed by atoms with E-state index in [1.807, 2.05) is 24.3 Å². The highest BCUT2D eigenvalue weighted by molar-refractivity contribution is 9.13. The number of hydrogen-bond acceptors (Lipinski definition) is 4. The zero-order chi connectivity index (χ0) is 15.0. The average molecular weight is 433 g/mol. The minimum atomic E-state index is -0.174. The van der Waals surface area contributed by atoms with E-state index in [0.29, 0.717) is 19.1 Å². The molecule has 2 unspecified atom stereocenters. The number of benzene rings is 1. The van der Waals surface area contributed by atoms with E-state index in [2.05, 4.69) is 38.8 Å². The first-order chi connectivity index (χ1) is 10.0. The van der Waals surface area contributed by atoms with Crippen molar-refractivity contribution in [3.8, 4) is 11.5 Å². The Hall–Kier alpha value is -0.560. The third-order valence-electron chi connectivity index (χ3n) is 3.34. The molecule has 0 spiro atoms. The third kappa shape index (κ3) is 3.28. The van der Waals surface area contributed by atoms with Crippen molar-refractivity contribution in [3.63, 3.8) is 0 Å². The first kappa shape index (κ1) is 15.3. The minimum absolute atomic E-state index is 0.174. The maximum Gasteiger partial charge on any atom is 0.161 e. The zero-order valence-corrected chi connectivity index (χ0v) is 15.4. The van der Waals surface area contributed by atoms with Crippen molar-refractivity contribution in [2.24, 2.45) is 11.7 Å². The summed E-state index contributed by atoms with van der Waals surface area (Å²) >= 11 is 8.63. The molecule has 6 heteroatoms.